The minimum Gasteiger partial charge on any atom is -0.481 e. The van der Waals surface area contributed by atoms with Crippen LogP contribution in [-0.4, -0.2) is 41.8 Å². The van der Waals surface area contributed by atoms with Crippen molar-refractivity contribution in [2.75, 3.05) is 6.61 Å². The molecule has 0 saturated heterocycles. The summed E-state index contributed by atoms with van der Waals surface area (Å²) in [4.78, 5) is 36.0. The Labute approximate surface area is 186 Å². The van der Waals surface area contributed by atoms with Gasteiger partial charge in [0.15, 0.2) is 0 Å². The normalized spacial score (nSPS) is 20.0. The summed E-state index contributed by atoms with van der Waals surface area (Å²) in [6, 6.07) is 15.0. The maximum atomic E-state index is 12.4. The zero-order chi connectivity index (χ0) is 22.7. The number of rotatable bonds is 6. The van der Waals surface area contributed by atoms with E-state index < -0.39 is 24.0 Å². The summed E-state index contributed by atoms with van der Waals surface area (Å²) in [7, 11) is 0. The number of alkyl carbamates (subject to hydrolysis) is 1. The van der Waals surface area contributed by atoms with Gasteiger partial charge >= 0.3 is 12.1 Å². The molecule has 2 aliphatic carbocycles. The van der Waals surface area contributed by atoms with E-state index in [9.17, 15) is 14.4 Å². The Morgan fingerprint density at radius 3 is 2.31 bits per heavy atom. The molecule has 0 aromatic heterocycles. The molecule has 0 fully saturated rings. The Bertz CT molecular complexity index is 1020. The average molecular weight is 434 g/mol. The van der Waals surface area contributed by atoms with Gasteiger partial charge in [-0.3, -0.25) is 9.59 Å². The number of amides is 2. The van der Waals surface area contributed by atoms with Gasteiger partial charge in [-0.15, -0.1) is 0 Å². The van der Waals surface area contributed by atoms with Crippen LogP contribution in [0.4, 0.5) is 4.79 Å². The molecule has 7 nitrogen and oxygen atoms in total. The molecule has 0 heterocycles. The maximum Gasteiger partial charge on any atom is 0.407 e. The maximum absolute atomic E-state index is 12.4. The van der Waals surface area contributed by atoms with Crippen LogP contribution < -0.4 is 10.6 Å². The summed E-state index contributed by atoms with van der Waals surface area (Å²) in [5.74, 6) is -1.84. The molecule has 0 bridgehead atoms. The first-order valence-corrected chi connectivity index (χ1v) is 10.8. The third-order valence-corrected chi connectivity index (χ3v) is 6.08. The topological polar surface area (TPSA) is 105 Å². The van der Waals surface area contributed by atoms with Gasteiger partial charge in [0, 0.05) is 12.0 Å². The Kier molecular flexibility index (Phi) is 6.25. The summed E-state index contributed by atoms with van der Waals surface area (Å²) in [6.45, 7) is 1.73. The monoisotopic (exact) mass is 434 g/mol. The molecule has 2 aromatic rings. The molecule has 3 N–H and O–H groups in total. The van der Waals surface area contributed by atoms with E-state index >= 15 is 0 Å². The molecule has 32 heavy (non-hydrogen) atoms. The second-order valence-electron chi connectivity index (χ2n) is 8.24. The van der Waals surface area contributed by atoms with Crippen LogP contribution in [0.5, 0.6) is 0 Å². The highest BCUT2D eigenvalue weighted by Crippen LogP contribution is 2.44. The molecular weight excluding hydrogens is 408 g/mol. The van der Waals surface area contributed by atoms with Gasteiger partial charge in [0.2, 0.25) is 5.91 Å². The van der Waals surface area contributed by atoms with Crippen molar-refractivity contribution in [3.63, 3.8) is 0 Å². The smallest absolute Gasteiger partial charge is 0.407 e. The van der Waals surface area contributed by atoms with E-state index in [0.29, 0.717) is 12.8 Å². The summed E-state index contributed by atoms with van der Waals surface area (Å²) in [5, 5.41) is 14.5. The zero-order valence-corrected chi connectivity index (χ0v) is 17.8. The minimum atomic E-state index is -0.876. The van der Waals surface area contributed by atoms with Crippen molar-refractivity contribution in [3.8, 4) is 11.1 Å². The number of nitrogens with one attached hydrogen (secondary N) is 2. The molecule has 3 atom stereocenters. The molecule has 2 aliphatic rings. The Morgan fingerprint density at radius 2 is 1.69 bits per heavy atom. The number of carbonyl (C=O) groups excluding carboxylic acids is 2. The van der Waals surface area contributed by atoms with E-state index in [1.165, 1.54) is 0 Å². The number of carboxylic acids is 1. The predicted octanol–water partition coefficient (Wildman–Crippen LogP) is 3.45. The van der Waals surface area contributed by atoms with Crippen LogP contribution in [0.2, 0.25) is 0 Å². The summed E-state index contributed by atoms with van der Waals surface area (Å²) in [6.07, 6.45) is 3.66. The van der Waals surface area contributed by atoms with Crippen LogP contribution in [0.25, 0.3) is 11.1 Å². The first kappa shape index (κ1) is 21.6. The first-order valence-electron chi connectivity index (χ1n) is 10.8. The fourth-order valence-electron chi connectivity index (χ4n) is 4.39. The number of benzene rings is 2. The molecule has 0 spiro atoms. The van der Waals surface area contributed by atoms with E-state index in [2.05, 4.69) is 22.8 Å². The molecule has 1 unspecified atom stereocenters. The van der Waals surface area contributed by atoms with Gasteiger partial charge in [0.05, 0.1) is 5.92 Å². The SMILES string of the molecule is CC(NC(=O)OCC1c2ccccc2-c2ccccc21)C(=O)N[C@H]1C=CC[C@H](C(=O)O)C1. The van der Waals surface area contributed by atoms with Gasteiger partial charge in [-0.25, -0.2) is 4.79 Å². The van der Waals surface area contributed by atoms with Crippen LogP contribution in [0.3, 0.4) is 0 Å². The molecule has 166 valence electrons. The predicted molar refractivity (Wildman–Crippen MR) is 119 cm³/mol. The van der Waals surface area contributed by atoms with Crippen molar-refractivity contribution in [2.45, 2.75) is 37.8 Å². The quantitative estimate of drug-likeness (QED) is 0.604. The van der Waals surface area contributed by atoms with Crippen LogP contribution in [-0.2, 0) is 14.3 Å². The number of carboxylic acid groups (broad SMARTS) is 1. The van der Waals surface area contributed by atoms with Crippen molar-refractivity contribution >= 4 is 18.0 Å². The highest BCUT2D eigenvalue weighted by Gasteiger charge is 2.30. The molecule has 7 heteroatoms. The number of aliphatic carboxylic acids is 1. The standard InChI is InChI=1S/C25H26N2O5/c1-15(23(28)27-17-8-6-7-16(13-17)24(29)30)26-25(31)32-14-22-20-11-4-2-9-18(20)19-10-3-5-12-21(19)22/h2-6,8-12,15-17,22H,7,13-14H2,1H3,(H,26,31)(H,27,28)(H,29,30)/t15?,16-,17-/m0/s1. The lowest BCUT2D eigenvalue weighted by Crippen LogP contribution is -2.48. The van der Waals surface area contributed by atoms with E-state index in [1.54, 1.807) is 19.1 Å². The van der Waals surface area contributed by atoms with Gasteiger partial charge in [0.1, 0.15) is 12.6 Å². The van der Waals surface area contributed by atoms with Crippen LogP contribution in [0.15, 0.2) is 60.7 Å². The van der Waals surface area contributed by atoms with Crippen LogP contribution in [0, 0.1) is 5.92 Å². The number of hydrogen-bond donors (Lipinski definition) is 3. The summed E-state index contributed by atoms with van der Waals surface area (Å²) < 4.78 is 5.48. The number of ether oxygens (including phenoxy) is 1. The van der Waals surface area contributed by atoms with Gasteiger partial charge in [-0.05, 0) is 42.0 Å². The van der Waals surface area contributed by atoms with Crippen molar-refractivity contribution in [1.82, 2.24) is 10.6 Å². The van der Waals surface area contributed by atoms with Gasteiger partial charge in [-0.2, -0.15) is 0 Å². The number of hydrogen-bond acceptors (Lipinski definition) is 4. The van der Waals surface area contributed by atoms with E-state index in [-0.39, 0.29) is 24.5 Å². The Hall–Kier alpha value is -3.61. The number of carbonyl (C=O) groups is 3. The first-order chi connectivity index (χ1) is 15.4. The fourth-order valence-corrected chi connectivity index (χ4v) is 4.39. The molecular formula is C25H26N2O5. The van der Waals surface area contributed by atoms with E-state index in [1.807, 2.05) is 36.4 Å². The Balaban J connectivity index is 1.31. The molecule has 2 amide bonds. The van der Waals surface area contributed by atoms with E-state index in [4.69, 9.17) is 9.84 Å². The fraction of sp³-hybridized carbons (Fsp3) is 0.320. The minimum absolute atomic E-state index is 0.0578. The average Bonchev–Trinajstić information content (AvgIpc) is 3.11. The molecule has 0 radical (unpaired) electrons. The lowest BCUT2D eigenvalue weighted by Gasteiger charge is -2.24. The van der Waals surface area contributed by atoms with Gasteiger partial charge in [0.25, 0.3) is 0 Å². The molecule has 0 saturated carbocycles. The second-order valence-corrected chi connectivity index (χ2v) is 8.24. The Morgan fingerprint density at radius 1 is 1.06 bits per heavy atom. The summed E-state index contributed by atoms with van der Waals surface area (Å²) >= 11 is 0. The van der Waals surface area contributed by atoms with Crippen molar-refractivity contribution < 1.29 is 24.2 Å². The molecule has 4 rings (SSSR count). The van der Waals surface area contributed by atoms with Crippen LogP contribution >= 0.6 is 0 Å². The molecule has 0 aliphatic heterocycles. The third-order valence-electron chi connectivity index (χ3n) is 6.08. The summed E-state index contributed by atoms with van der Waals surface area (Å²) in [5.41, 5.74) is 4.52. The third kappa shape index (κ3) is 4.51. The van der Waals surface area contributed by atoms with Crippen LogP contribution in [0.1, 0.15) is 36.8 Å². The van der Waals surface area contributed by atoms with Crippen molar-refractivity contribution in [2.24, 2.45) is 5.92 Å². The highest BCUT2D eigenvalue weighted by molar-refractivity contribution is 5.86. The zero-order valence-electron chi connectivity index (χ0n) is 17.8. The second kappa shape index (κ2) is 9.26. The molecule has 2 aromatic carbocycles. The highest BCUT2D eigenvalue weighted by atomic mass is 16.5. The largest absolute Gasteiger partial charge is 0.481 e. The van der Waals surface area contributed by atoms with Crippen molar-refractivity contribution in [1.29, 1.82) is 0 Å². The van der Waals surface area contributed by atoms with Crippen molar-refractivity contribution in [3.05, 3.63) is 71.8 Å². The number of allylic oxidation sites excluding steroid dienone is 1. The lowest BCUT2D eigenvalue weighted by atomic mass is 9.91. The number of fused-ring (bicyclic) bond motifs is 3. The van der Waals surface area contributed by atoms with Gasteiger partial charge in [-0.1, -0.05) is 60.7 Å². The lowest BCUT2D eigenvalue weighted by molar-refractivity contribution is -0.142. The van der Waals surface area contributed by atoms with Gasteiger partial charge < -0.3 is 20.5 Å². The van der Waals surface area contributed by atoms with E-state index in [0.717, 1.165) is 22.3 Å².